The van der Waals surface area contributed by atoms with E-state index in [0.717, 1.165) is 10.0 Å². The fourth-order valence-corrected chi connectivity index (χ4v) is 4.52. The third kappa shape index (κ3) is 3.14. The highest BCUT2D eigenvalue weighted by Gasteiger charge is 2.62. The van der Waals surface area contributed by atoms with Gasteiger partial charge in [-0.1, -0.05) is 28.1 Å². The first-order valence-corrected chi connectivity index (χ1v) is 10.2. The smallest absolute Gasteiger partial charge is 0.220 e. The topological polar surface area (TPSA) is 137 Å². The number of aliphatic hydroxyl groups excluding tert-OH is 1. The molecule has 4 N–H and O–H groups in total. The number of aromatic nitrogens is 4. The van der Waals surface area contributed by atoms with Crippen molar-refractivity contribution in [1.29, 1.82) is 0 Å². The highest BCUT2D eigenvalue weighted by atomic mass is 79.9. The van der Waals surface area contributed by atoms with Gasteiger partial charge in [0.1, 0.15) is 24.1 Å². The number of halogens is 1. The van der Waals surface area contributed by atoms with Crippen LogP contribution in [-0.4, -0.2) is 54.9 Å². The van der Waals surface area contributed by atoms with Crippen molar-refractivity contribution in [2.75, 3.05) is 11.9 Å². The van der Waals surface area contributed by atoms with E-state index in [-0.39, 0.29) is 13.0 Å². The van der Waals surface area contributed by atoms with Gasteiger partial charge in [0, 0.05) is 11.0 Å². The van der Waals surface area contributed by atoms with Crippen LogP contribution in [-0.2, 0) is 20.8 Å². The standard InChI is InChI=1S/C19H19BrN6O4/c20-11-3-1-2-10(4-11)6-22-16-13-17(24-8-23-16)26(9-25-13)18-14-15(28)19(30-18,7-29-14)5-12(21)27/h1-4,8-9,14-15,18,28H,5-7H2,(H2,21,27)(H,22,23,24)/t14-,15-,18-,19-/m1/s1. The van der Waals surface area contributed by atoms with Crippen molar-refractivity contribution in [3.8, 4) is 0 Å². The monoisotopic (exact) mass is 474 g/mol. The number of fused-ring (bicyclic) bond motifs is 3. The highest BCUT2D eigenvalue weighted by Crippen LogP contribution is 2.47. The summed E-state index contributed by atoms with van der Waals surface area (Å²) in [6.07, 6.45) is 0.600. The van der Waals surface area contributed by atoms with Gasteiger partial charge in [0.25, 0.3) is 0 Å². The first-order chi connectivity index (χ1) is 14.5. The number of anilines is 1. The Morgan fingerprint density at radius 1 is 1.40 bits per heavy atom. The molecule has 0 radical (unpaired) electrons. The summed E-state index contributed by atoms with van der Waals surface area (Å²) in [4.78, 5) is 24.6. The second-order valence-corrected chi connectivity index (χ2v) is 8.38. The highest BCUT2D eigenvalue weighted by molar-refractivity contribution is 9.10. The lowest BCUT2D eigenvalue weighted by molar-refractivity contribution is -0.177. The van der Waals surface area contributed by atoms with Crippen LogP contribution < -0.4 is 11.1 Å². The zero-order chi connectivity index (χ0) is 20.9. The van der Waals surface area contributed by atoms with E-state index in [2.05, 4.69) is 36.2 Å². The minimum absolute atomic E-state index is 0.110. The van der Waals surface area contributed by atoms with Gasteiger partial charge in [0.05, 0.1) is 19.4 Å². The van der Waals surface area contributed by atoms with Crippen LogP contribution in [0.15, 0.2) is 41.4 Å². The summed E-state index contributed by atoms with van der Waals surface area (Å²) >= 11 is 3.46. The van der Waals surface area contributed by atoms with Crippen molar-refractivity contribution >= 4 is 38.8 Å². The van der Waals surface area contributed by atoms with E-state index in [1.54, 1.807) is 10.9 Å². The molecule has 0 unspecified atom stereocenters. The molecule has 3 aromatic rings. The SMILES string of the molecule is NC(=O)C[C@]12CO[C@@H]([C@H](n3cnc4c(NCc5cccc(Br)c5)ncnc43)O1)[C@H]2O. The average Bonchev–Trinajstić information content (AvgIpc) is 3.35. The number of amides is 1. The van der Waals surface area contributed by atoms with Gasteiger partial charge >= 0.3 is 0 Å². The number of hydrogen-bond donors (Lipinski definition) is 3. The zero-order valence-electron chi connectivity index (χ0n) is 15.7. The van der Waals surface area contributed by atoms with Crippen LogP contribution in [0.4, 0.5) is 5.82 Å². The molecule has 0 spiro atoms. The fraction of sp³-hybridized carbons (Fsp3) is 0.368. The van der Waals surface area contributed by atoms with Crippen LogP contribution in [0.1, 0.15) is 18.2 Å². The van der Waals surface area contributed by atoms with Crippen LogP contribution in [0.25, 0.3) is 11.2 Å². The van der Waals surface area contributed by atoms with E-state index in [1.807, 2.05) is 24.3 Å². The summed E-state index contributed by atoms with van der Waals surface area (Å²) in [7, 11) is 0. The van der Waals surface area contributed by atoms with Gasteiger partial charge in [-0.25, -0.2) is 15.0 Å². The van der Waals surface area contributed by atoms with Gasteiger partial charge in [-0.3, -0.25) is 9.36 Å². The molecule has 5 rings (SSSR count). The molecule has 2 bridgehead atoms. The Kier molecular flexibility index (Phi) is 4.69. The summed E-state index contributed by atoms with van der Waals surface area (Å²) in [5.41, 5.74) is 6.38. The van der Waals surface area contributed by atoms with Crippen molar-refractivity contribution in [2.24, 2.45) is 5.73 Å². The van der Waals surface area contributed by atoms with Crippen molar-refractivity contribution in [3.63, 3.8) is 0 Å². The van der Waals surface area contributed by atoms with Crippen LogP contribution in [0.5, 0.6) is 0 Å². The average molecular weight is 475 g/mol. The summed E-state index contributed by atoms with van der Waals surface area (Å²) in [5.74, 6) is 0.0194. The first kappa shape index (κ1) is 19.4. The Bertz CT molecular complexity index is 1120. The van der Waals surface area contributed by atoms with E-state index in [9.17, 15) is 9.90 Å². The van der Waals surface area contributed by atoms with E-state index < -0.39 is 29.9 Å². The van der Waals surface area contributed by atoms with Crippen LogP contribution in [0.2, 0.25) is 0 Å². The summed E-state index contributed by atoms with van der Waals surface area (Å²) < 4.78 is 14.5. The van der Waals surface area contributed by atoms with Gasteiger partial charge in [0.2, 0.25) is 5.91 Å². The number of nitrogens with one attached hydrogen (secondary N) is 1. The van der Waals surface area contributed by atoms with Gasteiger partial charge in [-0.15, -0.1) is 0 Å². The number of imidazole rings is 1. The lowest BCUT2D eigenvalue weighted by Crippen LogP contribution is -2.44. The van der Waals surface area contributed by atoms with Gasteiger partial charge in [-0.05, 0) is 17.7 Å². The number of hydrogen-bond acceptors (Lipinski definition) is 8. The van der Waals surface area contributed by atoms with Crippen LogP contribution >= 0.6 is 15.9 Å². The molecule has 11 heteroatoms. The minimum atomic E-state index is -1.15. The van der Waals surface area contributed by atoms with E-state index in [1.165, 1.54) is 6.33 Å². The van der Waals surface area contributed by atoms with Crippen LogP contribution in [0.3, 0.4) is 0 Å². The van der Waals surface area contributed by atoms with Gasteiger partial charge in [0.15, 0.2) is 23.2 Å². The molecule has 2 fully saturated rings. The quantitative estimate of drug-likeness (QED) is 0.482. The molecule has 1 aromatic carbocycles. The van der Waals surface area contributed by atoms with Crippen molar-refractivity contribution in [2.45, 2.75) is 37.0 Å². The van der Waals surface area contributed by atoms with E-state index in [4.69, 9.17) is 15.2 Å². The summed E-state index contributed by atoms with van der Waals surface area (Å²) in [5, 5.41) is 13.9. The van der Waals surface area contributed by atoms with Gasteiger partial charge in [-0.2, -0.15) is 0 Å². The third-order valence-corrected chi connectivity index (χ3v) is 5.96. The maximum absolute atomic E-state index is 11.5. The second-order valence-electron chi connectivity index (χ2n) is 7.47. The normalized spacial score (nSPS) is 27.6. The van der Waals surface area contributed by atoms with Crippen molar-refractivity contribution in [3.05, 3.63) is 47.0 Å². The number of nitrogens with two attached hydrogens (primary N) is 1. The van der Waals surface area contributed by atoms with E-state index in [0.29, 0.717) is 23.5 Å². The Morgan fingerprint density at radius 3 is 3.07 bits per heavy atom. The molecule has 0 aliphatic carbocycles. The number of aliphatic hydroxyl groups is 1. The molecule has 4 heterocycles. The molecule has 2 aromatic heterocycles. The maximum Gasteiger partial charge on any atom is 0.220 e. The predicted molar refractivity (Wildman–Crippen MR) is 109 cm³/mol. The number of rotatable bonds is 6. The Morgan fingerprint density at radius 2 is 2.27 bits per heavy atom. The van der Waals surface area contributed by atoms with Gasteiger partial charge < -0.3 is 25.6 Å². The Hall–Kier alpha value is -2.60. The molecule has 156 valence electrons. The molecule has 2 aliphatic heterocycles. The molecule has 0 saturated carbocycles. The summed E-state index contributed by atoms with van der Waals surface area (Å²) in [6, 6.07) is 7.95. The maximum atomic E-state index is 11.5. The number of carbonyl (C=O) groups excluding carboxylic acids is 1. The molecular weight excluding hydrogens is 456 g/mol. The molecule has 10 nitrogen and oxygen atoms in total. The molecular formula is C19H19BrN6O4. The molecule has 2 aliphatic rings. The number of primary amides is 1. The number of nitrogens with zero attached hydrogens (tertiary/aromatic N) is 4. The summed E-state index contributed by atoms with van der Waals surface area (Å²) in [6.45, 7) is 0.670. The minimum Gasteiger partial charge on any atom is -0.387 e. The fourth-order valence-electron chi connectivity index (χ4n) is 4.07. The zero-order valence-corrected chi connectivity index (χ0v) is 17.3. The predicted octanol–water partition coefficient (Wildman–Crippen LogP) is 1.10. The largest absolute Gasteiger partial charge is 0.387 e. The van der Waals surface area contributed by atoms with Crippen molar-refractivity contribution in [1.82, 2.24) is 19.5 Å². The first-order valence-electron chi connectivity index (χ1n) is 9.38. The Balaban J connectivity index is 1.42. The third-order valence-electron chi connectivity index (χ3n) is 5.46. The number of ether oxygens (including phenoxy) is 2. The van der Waals surface area contributed by atoms with Crippen molar-refractivity contribution < 1.29 is 19.4 Å². The number of benzene rings is 1. The van der Waals surface area contributed by atoms with E-state index >= 15 is 0 Å². The second kappa shape index (κ2) is 7.27. The molecule has 4 atom stereocenters. The lowest BCUT2D eigenvalue weighted by Gasteiger charge is -2.30. The lowest BCUT2D eigenvalue weighted by atomic mass is 9.95. The molecule has 1 amide bonds. The molecule has 30 heavy (non-hydrogen) atoms. The Labute approximate surface area is 179 Å². The molecule has 2 saturated heterocycles. The van der Waals surface area contributed by atoms with Crippen LogP contribution in [0, 0.1) is 0 Å². The number of carbonyl (C=O) groups is 1.